The van der Waals surface area contributed by atoms with E-state index in [4.69, 9.17) is 19.9 Å². The molecular formula is C15H16N5O4. The zero-order valence-electron chi connectivity index (χ0n) is 13.1. The molecule has 2 saturated heterocycles. The van der Waals surface area contributed by atoms with E-state index in [1.807, 2.05) is 6.07 Å². The monoisotopic (exact) mass is 330 g/mol. The zero-order chi connectivity index (χ0) is 17.3. The lowest BCUT2D eigenvalue weighted by molar-refractivity contribution is -0.288. The molecule has 0 saturated carbocycles. The van der Waals surface area contributed by atoms with Gasteiger partial charge in [-0.05, 0) is 32.9 Å². The Labute approximate surface area is 137 Å². The largest absolute Gasteiger partial charge is 0.382 e. The number of aromatic nitrogens is 3. The van der Waals surface area contributed by atoms with Crippen molar-refractivity contribution in [2.75, 3.05) is 5.73 Å². The number of anilines is 1. The summed E-state index contributed by atoms with van der Waals surface area (Å²) in [6.45, 7) is 7.17. The molecule has 0 amide bonds. The highest BCUT2D eigenvalue weighted by atomic mass is 16.8. The first-order chi connectivity index (χ1) is 11.2. The van der Waals surface area contributed by atoms with Crippen molar-refractivity contribution in [3.05, 3.63) is 31.1 Å². The summed E-state index contributed by atoms with van der Waals surface area (Å²) in [5.41, 5.74) is 4.95. The number of nitrogen functional groups attached to an aromatic ring is 1. The van der Waals surface area contributed by atoms with Gasteiger partial charge in [0.15, 0.2) is 23.3 Å². The fourth-order valence-corrected chi connectivity index (χ4v) is 3.29. The molecule has 4 rings (SSSR count). The molecule has 0 bridgehead atoms. The molecule has 0 unspecified atom stereocenters. The fraction of sp³-hybridized carbons (Fsp3) is 0.467. The highest BCUT2D eigenvalue weighted by Crippen LogP contribution is 2.51. The third-order valence-corrected chi connectivity index (χ3v) is 4.32. The Kier molecular flexibility index (Phi) is 2.82. The lowest BCUT2D eigenvalue weighted by Crippen LogP contribution is -2.41. The van der Waals surface area contributed by atoms with Crippen molar-refractivity contribution in [1.29, 1.82) is 5.26 Å². The second-order valence-electron chi connectivity index (χ2n) is 6.44. The SMILES string of the molecule is [CH2][C@]1(C#N)O[C@@](O)(c2ccc3c(N)ncnn23)[C@H]2OC(C)(C)O[C@@H]21. The smallest absolute Gasteiger partial charge is 0.241 e. The van der Waals surface area contributed by atoms with Gasteiger partial charge in [-0.1, -0.05) is 0 Å². The van der Waals surface area contributed by atoms with Crippen LogP contribution >= 0.6 is 0 Å². The molecule has 2 fully saturated rings. The van der Waals surface area contributed by atoms with Crippen LogP contribution in [-0.2, 0) is 20.0 Å². The van der Waals surface area contributed by atoms with Crippen LogP contribution in [-0.4, -0.2) is 43.3 Å². The summed E-state index contributed by atoms with van der Waals surface area (Å²) in [6, 6.07) is 5.20. The van der Waals surface area contributed by atoms with Gasteiger partial charge in [-0.3, -0.25) is 0 Å². The topological polar surface area (TPSA) is 128 Å². The summed E-state index contributed by atoms with van der Waals surface area (Å²) in [5.74, 6) is -2.73. The van der Waals surface area contributed by atoms with E-state index in [9.17, 15) is 10.4 Å². The summed E-state index contributed by atoms with van der Waals surface area (Å²) in [6.07, 6.45) is -0.564. The number of nitrogens with zero attached hydrogens (tertiary/aromatic N) is 4. The van der Waals surface area contributed by atoms with Crippen molar-refractivity contribution in [2.45, 2.75) is 43.2 Å². The summed E-state index contributed by atoms with van der Waals surface area (Å²) < 4.78 is 18.6. The Bertz CT molecular complexity index is 874. The van der Waals surface area contributed by atoms with Crippen molar-refractivity contribution in [2.24, 2.45) is 0 Å². The minimum Gasteiger partial charge on any atom is -0.382 e. The van der Waals surface area contributed by atoms with E-state index in [2.05, 4.69) is 17.0 Å². The van der Waals surface area contributed by atoms with Crippen molar-refractivity contribution in [1.82, 2.24) is 14.6 Å². The quantitative estimate of drug-likeness (QED) is 0.753. The Balaban J connectivity index is 1.90. The molecule has 9 nitrogen and oxygen atoms in total. The molecule has 0 aliphatic carbocycles. The second kappa shape index (κ2) is 4.43. The highest BCUT2D eigenvalue weighted by molar-refractivity contribution is 5.65. The van der Waals surface area contributed by atoms with Gasteiger partial charge < -0.3 is 25.1 Å². The first-order valence-electron chi connectivity index (χ1n) is 7.34. The number of nitrogens with two attached hydrogens (primary N) is 1. The predicted octanol–water partition coefficient (Wildman–Crippen LogP) is 0.103. The van der Waals surface area contributed by atoms with E-state index in [0.717, 1.165) is 0 Å². The first kappa shape index (κ1) is 15.3. The van der Waals surface area contributed by atoms with E-state index < -0.39 is 29.4 Å². The minimum absolute atomic E-state index is 0.250. The zero-order valence-corrected chi connectivity index (χ0v) is 13.1. The van der Waals surface area contributed by atoms with Crippen molar-refractivity contribution >= 4 is 11.3 Å². The summed E-state index contributed by atoms with van der Waals surface area (Å²) >= 11 is 0. The molecule has 24 heavy (non-hydrogen) atoms. The van der Waals surface area contributed by atoms with Crippen molar-refractivity contribution in [3.63, 3.8) is 0 Å². The van der Waals surface area contributed by atoms with Gasteiger partial charge in [0, 0.05) is 0 Å². The molecular weight excluding hydrogens is 314 g/mol. The molecule has 2 aromatic heterocycles. The second-order valence-corrected chi connectivity index (χ2v) is 6.44. The highest BCUT2D eigenvalue weighted by Gasteiger charge is 2.69. The molecule has 2 aliphatic heterocycles. The summed E-state index contributed by atoms with van der Waals surface area (Å²) in [4.78, 5) is 3.91. The van der Waals surface area contributed by atoms with E-state index >= 15 is 0 Å². The molecule has 1 radical (unpaired) electrons. The fourth-order valence-electron chi connectivity index (χ4n) is 3.29. The van der Waals surface area contributed by atoms with Crippen LogP contribution < -0.4 is 5.73 Å². The lowest BCUT2D eigenvalue weighted by Gasteiger charge is -2.30. The lowest BCUT2D eigenvalue weighted by atomic mass is 9.96. The van der Waals surface area contributed by atoms with Gasteiger partial charge in [0.25, 0.3) is 0 Å². The molecule has 2 aliphatic rings. The van der Waals surface area contributed by atoms with Gasteiger partial charge in [0.05, 0.1) is 0 Å². The van der Waals surface area contributed by atoms with E-state index in [0.29, 0.717) is 5.52 Å². The van der Waals surface area contributed by atoms with E-state index in [1.165, 1.54) is 10.8 Å². The van der Waals surface area contributed by atoms with Crippen LogP contribution in [0.3, 0.4) is 0 Å². The number of nitriles is 1. The predicted molar refractivity (Wildman–Crippen MR) is 79.9 cm³/mol. The maximum Gasteiger partial charge on any atom is 0.241 e. The maximum absolute atomic E-state index is 11.3. The third-order valence-electron chi connectivity index (χ3n) is 4.32. The average Bonchev–Trinajstić information content (AvgIpc) is 3.14. The Morgan fingerprint density at radius 2 is 2.08 bits per heavy atom. The average molecular weight is 330 g/mol. The van der Waals surface area contributed by atoms with Gasteiger partial charge in [-0.2, -0.15) is 10.4 Å². The number of rotatable bonds is 1. The van der Waals surface area contributed by atoms with Crippen LogP contribution in [0.4, 0.5) is 5.82 Å². The number of ether oxygens (including phenoxy) is 3. The Morgan fingerprint density at radius 1 is 1.38 bits per heavy atom. The van der Waals surface area contributed by atoms with Crippen LogP contribution in [0.25, 0.3) is 5.52 Å². The molecule has 3 N–H and O–H groups in total. The third kappa shape index (κ3) is 1.82. The molecule has 4 heterocycles. The van der Waals surface area contributed by atoms with Crippen molar-refractivity contribution in [3.8, 4) is 6.07 Å². The van der Waals surface area contributed by atoms with Crippen LogP contribution in [0.2, 0.25) is 0 Å². The molecule has 0 spiro atoms. The summed E-state index contributed by atoms with van der Waals surface area (Å²) in [7, 11) is 0. The van der Waals surface area contributed by atoms with Gasteiger partial charge >= 0.3 is 0 Å². The van der Waals surface area contributed by atoms with Crippen LogP contribution in [0.1, 0.15) is 19.5 Å². The number of hydrogen-bond acceptors (Lipinski definition) is 8. The Hall–Kier alpha value is -2.25. The molecule has 9 heteroatoms. The van der Waals surface area contributed by atoms with Gasteiger partial charge in [-0.25, -0.2) is 9.50 Å². The van der Waals surface area contributed by atoms with E-state index in [1.54, 1.807) is 26.0 Å². The molecule has 125 valence electrons. The normalized spacial score (nSPS) is 37.5. The summed E-state index contributed by atoms with van der Waals surface area (Å²) in [5, 5.41) is 24.9. The minimum atomic E-state index is -1.98. The maximum atomic E-state index is 11.3. The van der Waals surface area contributed by atoms with Gasteiger partial charge in [0.2, 0.25) is 5.79 Å². The number of fused-ring (bicyclic) bond motifs is 2. The number of aliphatic hydroxyl groups is 1. The van der Waals surface area contributed by atoms with E-state index in [-0.39, 0.29) is 11.5 Å². The first-order valence-corrected chi connectivity index (χ1v) is 7.34. The molecule has 0 aromatic carbocycles. The number of hydrogen-bond donors (Lipinski definition) is 2. The standard InChI is InChI=1S/C15H16N5O4/c1-13(2)22-10-11(23-13)15(21,24-14(10,3)6-16)9-5-4-8-12(17)18-7-19-20(8)9/h4-5,7,10-11,21H,3H2,1-2H3,(H2,17,18,19)/t10-,11-,14+,15-/m0/s1. The van der Waals surface area contributed by atoms with Gasteiger partial charge in [0.1, 0.15) is 29.7 Å². The molecule has 4 atom stereocenters. The van der Waals surface area contributed by atoms with Crippen molar-refractivity contribution < 1.29 is 19.3 Å². The van der Waals surface area contributed by atoms with Crippen LogP contribution in [0, 0.1) is 18.3 Å². The van der Waals surface area contributed by atoms with Crippen LogP contribution in [0.15, 0.2) is 18.5 Å². The molecule has 2 aromatic rings. The van der Waals surface area contributed by atoms with Gasteiger partial charge in [-0.15, -0.1) is 0 Å². The Morgan fingerprint density at radius 3 is 2.79 bits per heavy atom. The van der Waals surface area contributed by atoms with Crippen LogP contribution in [0.5, 0.6) is 0 Å².